The fourth-order valence-corrected chi connectivity index (χ4v) is 2.10. The van der Waals surface area contributed by atoms with E-state index in [9.17, 15) is 0 Å². The number of benzene rings is 1. The van der Waals surface area contributed by atoms with Crippen LogP contribution >= 0.6 is 0 Å². The Hall–Kier alpha value is -0.820. The molecular weight excluding hydrogens is 170 g/mol. The van der Waals surface area contributed by atoms with Crippen molar-refractivity contribution in [3.63, 3.8) is 0 Å². The van der Waals surface area contributed by atoms with Gasteiger partial charge >= 0.3 is 0 Å². The molecule has 2 rings (SSSR count). The van der Waals surface area contributed by atoms with Gasteiger partial charge in [0.2, 0.25) is 0 Å². The first kappa shape index (κ1) is 9.72. The Morgan fingerprint density at radius 1 is 1.29 bits per heavy atom. The molecule has 2 N–H and O–H groups in total. The Morgan fingerprint density at radius 2 is 1.86 bits per heavy atom. The molecule has 0 bridgehead atoms. The molecule has 1 aliphatic rings. The first-order valence-electron chi connectivity index (χ1n) is 5.49. The zero-order valence-electron chi connectivity index (χ0n) is 9.09. The summed E-state index contributed by atoms with van der Waals surface area (Å²) >= 11 is 0. The van der Waals surface area contributed by atoms with Gasteiger partial charge in [-0.25, -0.2) is 0 Å². The van der Waals surface area contributed by atoms with E-state index in [1.54, 1.807) is 0 Å². The summed E-state index contributed by atoms with van der Waals surface area (Å²) in [6.45, 7) is 4.36. The SMILES string of the molecule is Cc1cccc(C)c1CC(N)C1CC1. The molecule has 0 heterocycles. The van der Waals surface area contributed by atoms with Gasteiger partial charge in [-0.05, 0) is 55.7 Å². The highest BCUT2D eigenvalue weighted by Crippen LogP contribution is 2.33. The van der Waals surface area contributed by atoms with Gasteiger partial charge in [-0.2, -0.15) is 0 Å². The number of hydrogen-bond acceptors (Lipinski definition) is 1. The predicted octanol–water partition coefficient (Wildman–Crippen LogP) is 2.58. The fourth-order valence-electron chi connectivity index (χ4n) is 2.10. The molecule has 1 atom stereocenters. The second kappa shape index (κ2) is 3.74. The third-order valence-electron chi connectivity index (χ3n) is 3.31. The molecule has 1 saturated carbocycles. The van der Waals surface area contributed by atoms with E-state index in [2.05, 4.69) is 32.0 Å². The van der Waals surface area contributed by atoms with Crippen molar-refractivity contribution in [3.05, 3.63) is 34.9 Å². The van der Waals surface area contributed by atoms with Crippen LogP contribution in [0.2, 0.25) is 0 Å². The second-order valence-corrected chi connectivity index (χ2v) is 4.58. The largest absolute Gasteiger partial charge is 0.327 e. The quantitative estimate of drug-likeness (QED) is 0.777. The molecule has 1 unspecified atom stereocenters. The van der Waals surface area contributed by atoms with Crippen LogP contribution in [-0.2, 0) is 6.42 Å². The topological polar surface area (TPSA) is 26.0 Å². The van der Waals surface area contributed by atoms with Gasteiger partial charge in [-0.3, -0.25) is 0 Å². The number of rotatable bonds is 3. The zero-order valence-corrected chi connectivity index (χ0v) is 9.09. The highest BCUT2D eigenvalue weighted by atomic mass is 14.7. The minimum atomic E-state index is 0.384. The van der Waals surface area contributed by atoms with Gasteiger partial charge in [-0.1, -0.05) is 18.2 Å². The van der Waals surface area contributed by atoms with Crippen LogP contribution in [0.5, 0.6) is 0 Å². The van der Waals surface area contributed by atoms with Gasteiger partial charge < -0.3 is 5.73 Å². The molecule has 0 aromatic heterocycles. The van der Waals surface area contributed by atoms with Gasteiger partial charge in [0.15, 0.2) is 0 Å². The summed E-state index contributed by atoms with van der Waals surface area (Å²) in [7, 11) is 0. The van der Waals surface area contributed by atoms with E-state index < -0.39 is 0 Å². The lowest BCUT2D eigenvalue weighted by Crippen LogP contribution is -2.25. The van der Waals surface area contributed by atoms with Crippen LogP contribution in [0.15, 0.2) is 18.2 Å². The summed E-state index contributed by atoms with van der Waals surface area (Å²) in [4.78, 5) is 0. The van der Waals surface area contributed by atoms with E-state index >= 15 is 0 Å². The minimum absolute atomic E-state index is 0.384. The third-order valence-corrected chi connectivity index (χ3v) is 3.31. The molecule has 1 fully saturated rings. The van der Waals surface area contributed by atoms with Gasteiger partial charge in [0, 0.05) is 6.04 Å². The van der Waals surface area contributed by atoms with Crippen LogP contribution < -0.4 is 5.73 Å². The minimum Gasteiger partial charge on any atom is -0.327 e. The normalized spacial score (nSPS) is 18.2. The lowest BCUT2D eigenvalue weighted by molar-refractivity contribution is 0.589. The monoisotopic (exact) mass is 189 g/mol. The molecule has 76 valence electrons. The molecule has 1 nitrogen and oxygen atoms in total. The molecule has 1 aromatic carbocycles. The van der Waals surface area contributed by atoms with Crippen LogP contribution in [0.25, 0.3) is 0 Å². The molecule has 0 amide bonds. The Kier molecular flexibility index (Phi) is 2.60. The number of nitrogens with two attached hydrogens (primary N) is 1. The van der Waals surface area contributed by atoms with Crippen molar-refractivity contribution >= 4 is 0 Å². The maximum Gasteiger partial charge on any atom is 0.0108 e. The molecule has 0 radical (unpaired) electrons. The zero-order chi connectivity index (χ0) is 10.1. The summed E-state index contributed by atoms with van der Waals surface area (Å²) in [5.74, 6) is 0.800. The first-order chi connectivity index (χ1) is 6.68. The third kappa shape index (κ3) is 1.98. The van der Waals surface area contributed by atoms with Crippen molar-refractivity contribution in [2.24, 2.45) is 11.7 Å². The van der Waals surface area contributed by atoms with Crippen molar-refractivity contribution in [1.82, 2.24) is 0 Å². The molecule has 0 saturated heterocycles. The first-order valence-corrected chi connectivity index (χ1v) is 5.49. The summed E-state index contributed by atoms with van der Waals surface area (Å²) in [5, 5.41) is 0. The van der Waals surface area contributed by atoms with Crippen molar-refractivity contribution in [2.45, 2.75) is 39.2 Å². The summed E-state index contributed by atoms with van der Waals surface area (Å²) in [6.07, 6.45) is 3.74. The van der Waals surface area contributed by atoms with Crippen LogP contribution in [-0.4, -0.2) is 6.04 Å². The average molecular weight is 189 g/mol. The van der Waals surface area contributed by atoms with Gasteiger partial charge in [0.05, 0.1) is 0 Å². The lowest BCUT2D eigenvalue weighted by atomic mass is 9.95. The number of aryl methyl sites for hydroxylation is 2. The fraction of sp³-hybridized carbons (Fsp3) is 0.538. The number of hydrogen-bond donors (Lipinski definition) is 1. The van der Waals surface area contributed by atoms with Crippen molar-refractivity contribution < 1.29 is 0 Å². The van der Waals surface area contributed by atoms with E-state index in [-0.39, 0.29) is 0 Å². The Morgan fingerprint density at radius 3 is 2.36 bits per heavy atom. The van der Waals surface area contributed by atoms with Crippen molar-refractivity contribution in [1.29, 1.82) is 0 Å². The molecule has 0 aliphatic heterocycles. The van der Waals surface area contributed by atoms with E-state index in [1.165, 1.54) is 29.5 Å². The van der Waals surface area contributed by atoms with E-state index in [0.29, 0.717) is 6.04 Å². The van der Waals surface area contributed by atoms with Gasteiger partial charge in [-0.15, -0.1) is 0 Å². The highest BCUT2D eigenvalue weighted by Gasteiger charge is 2.28. The van der Waals surface area contributed by atoms with E-state index in [0.717, 1.165) is 12.3 Å². The average Bonchev–Trinajstić information content (AvgIpc) is 2.94. The van der Waals surface area contributed by atoms with Crippen LogP contribution in [0, 0.1) is 19.8 Å². The van der Waals surface area contributed by atoms with Gasteiger partial charge in [0.1, 0.15) is 0 Å². The predicted molar refractivity (Wildman–Crippen MR) is 60.3 cm³/mol. The Balaban J connectivity index is 2.14. The van der Waals surface area contributed by atoms with Crippen LogP contribution in [0.4, 0.5) is 0 Å². The van der Waals surface area contributed by atoms with Crippen LogP contribution in [0.1, 0.15) is 29.5 Å². The molecular formula is C13H19N. The second-order valence-electron chi connectivity index (χ2n) is 4.58. The Bertz CT molecular complexity index is 306. The molecule has 14 heavy (non-hydrogen) atoms. The smallest absolute Gasteiger partial charge is 0.0108 e. The maximum absolute atomic E-state index is 6.15. The van der Waals surface area contributed by atoms with E-state index in [1.807, 2.05) is 0 Å². The standard InChI is InChI=1S/C13H19N/c1-9-4-3-5-10(2)12(9)8-13(14)11-6-7-11/h3-5,11,13H,6-8,14H2,1-2H3. The highest BCUT2D eigenvalue weighted by molar-refractivity contribution is 5.34. The molecule has 1 aliphatic carbocycles. The van der Waals surface area contributed by atoms with Crippen molar-refractivity contribution in [3.8, 4) is 0 Å². The summed E-state index contributed by atoms with van der Waals surface area (Å²) in [6, 6.07) is 6.87. The maximum atomic E-state index is 6.15. The Labute approximate surface area is 86.3 Å². The molecule has 0 spiro atoms. The molecule has 1 aromatic rings. The van der Waals surface area contributed by atoms with Crippen LogP contribution in [0.3, 0.4) is 0 Å². The van der Waals surface area contributed by atoms with Crippen molar-refractivity contribution in [2.75, 3.05) is 0 Å². The lowest BCUT2D eigenvalue weighted by Gasteiger charge is -2.14. The molecule has 1 heteroatoms. The van der Waals surface area contributed by atoms with Gasteiger partial charge in [0.25, 0.3) is 0 Å². The summed E-state index contributed by atoms with van der Waals surface area (Å²) < 4.78 is 0. The van der Waals surface area contributed by atoms with E-state index in [4.69, 9.17) is 5.73 Å². The summed E-state index contributed by atoms with van der Waals surface area (Å²) in [5.41, 5.74) is 10.4.